The average molecular weight is 554 g/mol. The fourth-order valence-electron chi connectivity index (χ4n) is 6.23. The van der Waals surface area contributed by atoms with Crippen LogP contribution in [-0.4, -0.2) is 31.8 Å². The summed E-state index contributed by atoms with van der Waals surface area (Å²) in [5.41, 5.74) is 9.09. The second kappa shape index (κ2) is 10.9. The summed E-state index contributed by atoms with van der Waals surface area (Å²) in [7, 11) is 3.00. The van der Waals surface area contributed by atoms with Crippen LogP contribution in [0.3, 0.4) is 0 Å². The molecule has 0 saturated carbocycles. The van der Waals surface area contributed by atoms with E-state index in [0.717, 1.165) is 50.9 Å². The number of rotatable bonds is 7. The highest BCUT2D eigenvalue weighted by atomic mass is 19.1. The number of methoxy groups -OCH3 is 2. The lowest BCUT2D eigenvalue weighted by atomic mass is 9.88. The maximum Gasteiger partial charge on any atom is 0.306 e. The highest BCUT2D eigenvalue weighted by Gasteiger charge is 2.32. The number of aromatic nitrogens is 1. The van der Waals surface area contributed by atoms with E-state index >= 15 is 4.39 Å². The van der Waals surface area contributed by atoms with Crippen molar-refractivity contribution in [2.75, 3.05) is 20.8 Å². The lowest BCUT2D eigenvalue weighted by Gasteiger charge is -2.19. The Bertz CT molecular complexity index is 1630. The molecular weight excluding hydrogens is 521 g/mol. The van der Waals surface area contributed by atoms with Crippen LogP contribution in [0.4, 0.5) is 4.39 Å². The molecule has 210 valence electrons. The third kappa shape index (κ3) is 5.01. The molecule has 2 atom stereocenters. The van der Waals surface area contributed by atoms with E-state index < -0.39 is 6.10 Å². The van der Waals surface area contributed by atoms with Crippen LogP contribution in [0.1, 0.15) is 52.7 Å². The number of ether oxygens (including phenoxy) is 4. The Morgan fingerprint density at radius 2 is 1.83 bits per heavy atom. The quantitative estimate of drug-likeness (QED) is 0.224. The fourth-order valence-corrected chi connectivity index (χ4v) is 6.23. The van der Waals surface area contributed by atoms with Crippen molar-refractivity contribution in [3.8, 4) is 39.6 Å². The zero-order chi connectivity index (χ0) is 28.7. The van der Waals surface area contributed by atoms with Crippen LogP contribution in [0, 0.1) is 19.7 Å². The molecule has 0 spiro atoms. The number of halogens is 1. The van der Waals surface area contributed by atoms with Gasteiger partial charge in [0.2, 0.25) is 5.88 Å². The number of hydrogen-bond acceptors (Lipinski definition) is 6. The Kier molecular flexibility index (Phi) is 7.12. The molecule has 0 amide bonds. The topological polar surface area (TPSA) is 66.9 Å². The standard InChI is InChI=1S/C34H32FNO5/c1-19-13-22(21-11-12-36-31(15-21)38-3)14-20(2)33(19)26-7-9-28(35)34-27(26)8-10-29(34)41-24-5-6-25-23(16-32(37)39-4)18-40-30(25)17-24/h5-7,9,11-15,17,23,29H,8,10,16,18H2,1-4H3. The van der Waals surface area contributed by atoms with E-state index in [2.05, 4.69) is 31.0 Å². The zero-order valence-electron chi connectivity index (χ0n) is 23.6. The first kappa shape index (κ1) is 26.8. The van der Waals surface area contributed by atoms with Gasteiger partial charge in [-0.3, -0.25) is 4.79 Å². The summed E-state index contributed by atoms with van der Waals surface area (Å²) in [6.07, 6.45) is 3.01. The largest absolute Gasteiger partial charge is 0.492 e. The van der Waals surface area contributed by atoms with Crippen molar-refractivity contribution in [2.24, 2.45) is 0 Å². The van der Waals surface area contributed by atoms with Crippen molar-refractivity contribution < 1.29 is 28.1 Å². The molecule has 41 heavy (non-hydrogen) atoms. The lowest BCUT2D eigenvalue weighted by molar-refractivity contribution is -0.141. The molecular formula is C34H32FNO5. The Hall–Kier alpha value is -4.39. The molecule has 3 aromatic carbocycles. The monoisotopic (exact) mass is 553 g/mol. The summed E-state index contributed by atoms with van der Waals surface area (Å²) in [4.78, 5) is 16.0. The van der Waals surface area contributed by atoms with Crippen molar-refractivity contribution in [2.45, 2.75) is 45.1 Å². The Morgan fingerprint density at radius 1 is 1.02 bits per heavy atom. The summed E-state index contributed by atoms with van der Waals surface area (Å²) in [5, 5.41) is 0. The molecule has 0 bridgehead atoms. The predicted molar refractivity (Wildman–Crippen MR) is 154 cm³/mol. The first-order chi connectivity index (χ1) is 19.9. The summed E-state index contributed by atoms with van der Waals surface area (Å²) >= 11 is 0. The number of esters is 1. The molecule has 2 aliphatic rings. The van der Waals surface area contributed by atoms with Gasteiger partial charge in [-0.05, 0) is 83.8 Å². The van der Waals surface area contributed by atoms with E-state index in [1.807, 2.05) is 36.4 Å². The van der Waals surface area contributed by atoms with Crippen LogP contribution >= 0.6 is 0 Å². The van der Waals surface area contributed by atoms with E-state index in [1.165, 1.54) is 7.11 Å². The van der Waals surface area contributed by atoms with Crippen molar-refractivity contribution in [3.63, 3.8) is 0 Å². The predicted octanol–water partition coefficient (Wildman–Crippen LogP) is 7.29. The van der Waals surface area contributed by atoms with Gasteiger partial charge in [-0.2, -0.15) is 0 Å². The number of pyridine rings is 1. The van der Waals surface area contributed by atoms with Crippen LogP contribution < -0.4 is 14.2 Å². The third-order valence-corrected chi connectivity index (χ3v) is 8.15. The maximum absolute atomic E-state index is 15.4. The zero-order valence-corrected chi connectivity index (χ0v) is 23.6. The number of nitrogens with zero attached hydrogens (tertiary/aromatic N) is 1. The van der Waals surface area contributed by atoms with E-state index in [1.54, 1.807) is 19.4 Å². The Labute approximate surface area is 239 Å². The molecule has 1 aliphatic heterocycles. The second-order valence-electron chi connectivity index (χ2n) is 10.7. The molecule has 7 heteroatoms. The number of benzene rings is 3. The van der Waals surface area contributed by atoms with Gasteiger partial charge >= 0.3 is 5.97 Å². The Balaban J connectivity index is 1.29. The van der Waals surface area contributed by atoms with Gasteiger partial charge in [-0.15, -0.1) is 0 Å². The first-order valence-corrected chi connectivity index (χ1v) is 13.8. The Morgan fingerprint density at radius 3 is 2.59 bits per heavy atom. The highest BCUT2D eigenvalue weighted by molar-refractivity contribution is 5.80. The van der Waals surface area contributed by atoms with Gasteiger partial charge in [0.15, 0.2) is 0 Å². The summed E-state index contributed by atoms with van der Waals surface area (Å²) in [6.45, 7) is 4.62. The fraction of sp³-hybridized carbons (Fsp3) is 0.294. The van der Waals surface area contributed by atoms with Crippen molar-refractivity contribution in [1.82, 2.24) is 4.98 Å². The van der Waals surface area contributed by atoms with Gasteiger partial charge in [-0.25, -0.2) is 9.37 Å². The molecule has 0 N–H and O–H groups in total. The minimum Gasteiger partial charge on any atom is -0.492 e. The first-order valence-electron chi connectivity index (χ1n) is 13.8. The van der Waals surface area contributed by atoms with Gasteiger partial charge in [0.05, 0.1) is 27.2 Å². The van der Waals surface area contributed by atoms with Crippen LogP contribution in [0.25, 0.3) is 22.3 Å². The van der Waals surface area contributed by atoms with E-state index in [0.29, 0.717) is 36.0 Å². The molecule has 2 heterocycles. The normalized spacial score (nSPS) is 17.0. The third-order valence-electron chi connectivity index (χ3n) is 8.15. The van der Waals surface area contributed by atoms with E-state index in [4.69, 9.17) is 18.9 Å². The van der Waals surface area contributed by atoms with E-state index in [-0.39, 0.29) is 24.1 Å². The highest BCUT2D eigenvalue weighted by Crippen LogP contribution is 2.45. The van der Waals surface area contributed by atoms with Crippen LogP contribution in [0.5, 0.6) is 17.4 Å². The van der Waals surface area contributed by atoms with Gasteiger partial charge in [0, 0.05) is 35.4 Å². The SMILES string of the molecule is COC(=O)CC1COc2cc(OC3CCc4c(-c5c(C)cc(-c6ccnc(OC)c6)cc5C)ccc(F)c43)ccc21. The van der Waals surface area contributed by atoms with Gasteiger partial charge in [0.25, 0.3) is 0 Å². The lowest BCUT2D eigenvalue weighted by Crippen LogP contribution is -2.09. The van der Waals surface area contributed by atoms with Gasteiger partial charge < -0.3 is 18.9 Å². The summed E-state index contributed by atoms with van der Waals surface area (Å²) in [5.74, 6) is 1.32. The molecule has 0 fully saturated rings. The number of carbonyl (C=O) groups excluding carboxylic acids is 1. The number of carbonyl (C=O) groups is 1. The van der Waals surface area contributed by atoms with E-state index in [9.17, 15) is 4.79 Å². The van der Waals surface area contributed by atoms with Gasteiger partial charge in [0.1, 0.15) is 23.4 Å². The molecule has 2 unspecified atom stereocenters. The van der Waals surface area contributed by atoms with Crippen molar-refractivity contribution >= 4 is 5.97 Å². The molecule has 6 rings (SSSR count). The summed E-state index contributed by atoms with van der Waals surface area (Å²) < 4.78 is 37.7. The van der Waals surface area contributed by atoms with Crippen LogP contribution in [0.2, 0.25) is 0 Å². The number of hydrogen-bond donors (Lipinski definition) is 0. The number of fused-ring (bicyclic) bond motifs is 2. The van der Waals surface area contributed by atoms with Gasteiger partial charge in [-0.1, -0.05) is 24.3 Å². The van der Waals surface area contributed by atoms with Crippen molar-refractivity contribution in [3.05, 3.63) is 94.4 Å². The van der Waals surface area contributed by atoms with Crippen LogP contribution in [0.15, 0.2) is 60.8 Å². The molecule has 6 nitrogen and oxygen atoms in total. The molecule has 4 aromatic rings. The average Bonchev–Trinajstić information content (AvgIpc) is 3.58. The molecule has 1 aliphatic carbocycles. The molecule has 0 saturated heterocycles. The smallest absolute Gasteiger partial charge is 0.306 e. The molecule has 1 aromatic heterocycles. The van der Waals surface area contributed by atoms with Crippen LogP contribution in [-0.2, 0) is 16.0 Å². The second-order valence-corrected chi connectivity index (χ2v) is 10.7. The minimum absolute atomic E-state index is 0.0443. The number of aryl methyl sites for hydroxylation is 2. The molecule has 0 radical (unpaired) electrons. The van der Waals surface area contributed by atoms with Crippen molar-refractivity contribution in [1.29, 1.82) is 0 Å². The summed E-state index contributed by atoms with van der Waals surface area (Å²) in [6, 6.07) is 17.3. The maximum atomic E-state index is 15.4. The minimum atomic E-state index is -0.403.